The van der Waals surface area contributed by atoms with E-state index in [1.165, 1.54) is 0 Å². The highest BCUT2D eigenvalue weighted by atomic mass is 35.5. The summed E-state index contributed by atoms with van der Waals surface area (Å²) in [4.78, 5) is 15.3. The smallest absolute Gasteiger partial charge is 0.270 e. The maximum absolute atomic E-state index is 13.4. The molecule has 0 atom stereocenters. The summed E-state index contributed by atoms with van der Waals surface area (Å²) < 4.78 is 7.89. The van der Waals surface area contributed by atoms with Gasteiger partial charge in [-0.05, 0) is 37.4 Å². The van der Waals surface area contributed by atoms with E-state index < -0.39 is 8.07 Å². The van der Waals surface area contributed by atoms with E-state index in [1.54, 1.807) is 0 Å². The molecule has 7 heteroatoms. The van der Waals surface area contributed by atoms with Crippen LogP contribution in [0.5, 0.6) is 0 Å². The van der Waals surface area contributed by atoms with Crippen LogP contribution in [0.2, 0.25) is 30.7 Å². The van der Waals surface area contributed by atoms with Crippen molar-refractivity contribution >= 4 is 36.5 Å². The maximum Gasteiger partial charge on any atom is 0.270 e. The van der Waals surface area contributed by atoms with Gasteiger partial charge in [-0.15, -0.1) is 0 Å². The second kappa shape index (κ2) is 6.87. The lowest BCUT2D eigenvalue weighted by Crippen LogP contribution is -2.74. The van der Waals surface area contributed by atoms with Gasteiger partial charge in [0.15, 0.2) is 0 Å². The SMILES string of the molecule is CN(C(=O)c1cc2cccc(Cl)c2n1COCC[Si](C)(C)C)C12CC(C#N)(C1)C2. The Kier molecular flexibility index (Phi) is 4.84. The zero-order chi connectivity index (χ0) is 21.0. The third kappa shape index (κ3) is 3.39. The van der Waals surface area contributed by atoms with Gasteiger partial charge < -0.3 is 14.2 Å². The summed E-state index contributed by atoms with van der Waals surface area (Å²) >= 11 is 6.49. The zero-order valence-corrected chi connectivity index (χ0v) is 19.3. The number of amides is 1. The summed E-state index contributed by atoms with van der Waals surface area (Å²) in [6, 6.07) is 11.1. The fraction of sp³-hybridized carbons (Fsp3) is 0.545. The molecule has 0 N–H and O–H groups in total. The van der Waals surface area contributed by atoms with Gasteiger partial charge in [0.25, 0.3) is 5.91 Å². The number of nitriles is 1. The summed E-state index contributed by atoms with van der Waals surface area (Å²) in [5.74, 6) is -0.0303. The first kappa shape index (κ1) is 20.5. The van der Waals surface area contributed by atoms with E-state index in [2.05, 4.69) is 25.7 Å². The van der Waals surface area contributed by atoms with E-state index in [4.69, 9.17) is 16.3 Å². The molecule has 154 valence electrons. The van der Waals surface area contributed by atoms with Gasteiger partial charge in [0, 0.05) is 32.7 Å². The van der Waals surface area contributed by atoms with Gasteiger partial charge in [-0.2, -0.15) is 5.26 Å². The number of benzene rings is 1. The Morgan fingerprint density at radius 1 is 1.34 bits per heavy atom. The first-order valence-corrected chi connectivity index (χ1v) is 14.2. The highest BCUT2D eigenvalue weighted by Crippen LogP contribution is 2.69. The highest BCUT2D eigenvalue weighted by molar-refractivity contribution is 6.76. The lowest BCUT2D eigenvalue weighted by molar-refractivity contribution is -0.162. The number of para-hydroxylation sites is 1. The van der Waals surface area contributed by atoms with Gasteiger partial charge in [0.1, 0.15) is 12.4 Å². The average Bonchev–Trinajstić information content (AvgIpc) is 2.95. The first-order chi connectivity index (χ1) is 13.6. The lowest BCUT2D eigenvalue weighted by atomic mass is 9.39. The minimum absolute atomic E-state index is 0.0303. The van der Waals surface area contributed by atoms with E-state index in [1.807, 2.05) is 40.8 Å². The van der Waals surface area contributed by atoms with Crippen LogP contribution in [0, 0.1) is 16.7 Å². The van der Waals surface area contributed by atoms with Crippen LogP contribution in [0.4, 0.5) is 0 Å². The average molecular weight is 430 g/mol. The Morgan fingerprint density at radius 3 is 2.66 bits per heavy atom. The number of fused-ring (bicyclic) bond motifs is 1. The van der Waals surface area contributed by atoms with Gasteiger partial charge in [-0.1, -0.05) is 43.4 Å². The number of carbonyl (C=O) groups excluding carboxylic acids is 1. The van der Waals surface area contributed by atoms with Gasteiger partial charge in [0.2, 0.25) is 0 Å². The Labute approximate surface area is 178 Å². The first-order valence-electron chi connectivity index (χ1n) is 10.1. The molecule has 3 fully saturated rings. The van der Waals surface area contributed by atoms with Gasteiger partial charge in [0.05, 0.1) is 22.0 Å². The van der Waals surface area contributed by atoms with Crippen molar-refractivity contribution in [3.05, 3.63) is 35.0 Å². The molecule has 0 spiro atoms. The summed E-state index contributed by atoms with van der Waals surface area (Å²) in [5, 5.41) is 10.9. The minimum Gasteiger partial charge on any atom is -0.361 e. The molecule has 5 rings (SSSR count). The van der Waals surface area contributed by atoms with Crippen molar-refractivity contribution in [3.63, 3.8) is 0 Å². The monoisotopic (exact) mass is 429 g/mol. The van der Waals surface area contributed by atoms with E-state index >= 15 is 0 Å². The maximum atomic E-state index is 13.4. The van der Waals surface area contributed by atoms with Crippen LogP contribution in [0.3, 0.4) is 0 Å². The van der Waals surface area contributed by atoms with Crippen LogP contribution in [0.15, 0.2) is 24.3 Å². The molecule has 5 nitrogen and oxygen atoms in total. The van der Waals surface area contributed by atoms with E-state index in [0.29, 0.717) is 24.1 Å². The summed E-state index contributed by atoms with van der Waals surface area (Å²) in [6.07, 6.45) is 2.35. The van der Waals surface area contributed by atoms with Crippen molar-refractivity contribution in [1.29, 1.82) is 5.26 Å². The van der Waals surface area contributed by atoms with Crippen LogP contribution >= 0.6 is 11.6 Å². The number of rotatable bonds is 7. The Hall–Kier alpha value is -1.81. The van der Waals surface area contributed by atoms with Crippen molar-refractivity contribution in [2.24, 2.45) is 5.41 Å². The van der Waals surface area contributed by atoms with Crippen molar-refractivity contribution in [3.8, 4) is 6.07 Å². The fourth-order valence-corrected chi connectivity index (χ4v) is 5.76. The molecule has 1 heterocycles. The molecule has 0 unspecified atom stereocenters. The molecule has 3 aliphatic rings. The molecule has 3 aliphatic carbocycles. The Balaban J connectivity index is 1.59. The molecule has 1 aromatic heterocycles. The number of nitrogens with zero attached hydrogens (tertiary/aromatic N) is 3. The molecule has 2 aromatic rings. The van der Waals surface area contributed by atoms with E-state index in [-0.39, 0.29) is 16.9 Å². The van der Waals surface area contributed by atoms with Crippen molar-refractivity contribution < 1.29 is 9.53 Å². The van der Waals surface area contributed by atoms with Gasteiger partial charge in [-0.25, -0.2) is 0 Å². The highest BCUT2D eigenvalue weighted by Gasteiger charge is 2.71. The van der Waals surface area contributed by atoms with Crippen LogP contribution in [-0.4, -0.2) is 42.6 Å². The minimum atomic E-state index is -1.19. The third-order valence-corrected chi connectivity index (χ3v) is 8.57. The standard InChI is InChI=1S/C22H28ClN3O2Si/c1-25(22-11-21(12-22,13-22)14-24)20(27)18-10-16-6-5-7-17(23)19(16)26(18)15-28-8-9-29(2,3)4/h5-7,10H,8-9,11-13,15H2,1-4H3. The molecule has 0 saturated heterocycles. The number of ether oxygens (including phenoxy) is 1. The van der Waals surface area contributed by atoms with E-state index in [0.717, 1.165) is 36.2 Å². The number of aromatic nitrogens is 1. The third-order valence-electron chi connectivity index (χ3n) is 6.56. The molecule has 3 saturated carbocycles. The molecule has 29 heavy (non-hydrogen) atoms. The van der Waals surface area contributed by atoms with Crippen LogP contribution in [-0.2, 0) is 11.5 Å². The second-order valence-corrected chi connectivity index (χ2v) is 16.0. The topological polar surface area (TPSA) is 58.3 Å². The van der Waals surface area contributed by atoms with Crippen LogP contribution < -0.4 is 0 Å². The molecule has 0 radical (unpaired) electrons. The predicted octanol–water partition coefficient (Wildman–Crippen LogP) is 5.13. The Morgan fingerprint density at radius 2 is 2.03 bits per heavy atom. The van der Waals surface area contributed by atoms with Crippen LogP contribution in [0.1, 0.15) is 29.8 Å². The molecular formula is C22H28ClN3O2Si. The zero-order valence-electron chi connectivity index (χ0n) is 17.6. The largest absolute Gasteiger partial charge is 0.361 e. The number of halogens is 1. The van der Waals surface area contributed by atoms with Crippen LogP contribution in [0.25, 0.3) is 10.9 Å². The number of carbonyl (C=O) groups is 1. The normalized spacial score (nSPS) is 25.2. The fourth-order valence-electron chi connectivity index (χ4n) is 4.72. The molecule has 1 amide bonds. The number of hydrogen-bond acceptors (Lipinski definition) is 3. The lowest BCUT2D eigenvalue weighted by Gasteiger charge is -2.70. The summed E-state index contributed by atoms with van der Waals surface area (Å²) in [5.41, 5.74) is 1.09. The quantitative estimate of drug-likeness (QED) is 0.453. The van der Waals surface area contributed by atoms with E-state index in [9.17, 15) is 10.1 Å². The summed E-state index contributed by atoms with van der Waals surface area (Å²) in [7, 11) is 0.673. The molecule has 1 aromatic carbocycles. The second-order valence-electron chi connectivity index (χ2n) is 9.99. The number of hydrogen-bond donors (Lipinski definition) is 0. The van der Waals surface area contributed by atoms with Crippen molar-refractivity contribution in [2.75, 3.05) is 13.7 Å². The van der Waals surface area contributed by atoms with Gasteiger partial charge >= 0.3 is 0 Å². The predicted molar refractivity (Wildman–Crippen MR) is 118 cm³/mol. The molecule has 0 aliphatic heterocycles. The molecule has 2 bridgehead atoms. The molecular weight excluding hydrogens is 402 g/mol. The van der Waals surface area contributed by atoms with Crippen molar-refractivity contribution in [2.45, 2.75) is 57.2 Å². The Bertz CT molecular complexity index is 998. The summed E-state index contributed by atoms with van der Waals surface area (Å²) in [6.45, 7) is 7.94. The van der Waals surface area contributed by atoms with Gasteiger partial charge in [-0.3, -0.25) is 4.79 Å². The van der Waals surface area contributed by atoms with Crippen molar-refractivity contribution in [1.82, 2.24) is 9.47 Å².